The van der Waals surface area contributed by atoms with E-state index in [0.717, 1.165) is 42.3 Å². The van der Waals surface area contributed by atoms with Crippen LogP contribution in [-0.2, 0) is 0 Å². The minimum atomic E-state index is -0.573. The van der Waals surface area contributed by atoms with Crippen molar-refractivity contribution in [2.45, 2.75) is 18.9 Å². The van der Waals surface area contributed by atoms with E-state index in [1.807, 2.05) is 42.5 Å². The number of likely N-dealkylation sites (N-methyl/N-ethyl adjacent to an activating group) is 1. The molecule has 33 heavy (non-hydrogen) atoms. The van der Waals surface area contributed by atoms with Crippen molar-refractivity contribution in [2.24, 2.45) is 5.92 Å². The van der Waals surface area contributed by atoms with Gasteiger partial charge in [0.2, 0.25) is 0 Å². The van der Waals surface area contributed by atoms with Gasteiger partial charge in [0, 0.05) is 42.7 Å². The Morgan fingerprint density at radius 1 is 1.09 bits per heavy atom. The predicted octanol–water partition coefficient (Wildman–Crippen LogP) is 2.58. The van der Waals surface area contributed by atoms with E-state index >= 15 is 0 Å². The third kappa shape index (κ3) is 6.71. The number of ether oxygens (including phenoxy) is 1. The number of aromatic nitrogens is 3. The van der Waals surface area contributed by atoms with Gasteiger partial charge in [0.15, 0.2) is 5.82 Å². The van der Waals surface area contributed by atoms with Crippen LogP contribution in [0.25, 0.3) is 22.6 Å². The summed E-state index contributed by atoms with van der Waals surface area (Å²) in [6, 6.07) is 13.6. The Labute approximate surface area is 194 Å². The van der Waals surface area contributed by atoms with Gasteiger partial charge in [-0.05, 0) is 63.2 Å². The molecule has 8 nitrogen and oxygen atoms in total. The summed E-state index contributed by atoms with van der Waals surface area (Å²) in [6.07, 6.45) is 5.30. The highest BCUT2D eigenvalue weighted by Gasteiger charge is 2.15. The lowest BCUT2D eigenvalue weighted by Gasteiger charge is -2.23. The van der Waals surface area contributed by atoms with E-state index in [9.17, 15) is 5.11 Å². The molecule has 2 aromatic heterocycles. The Hall–Kier alpha value is -3.07. The van der Waals surface area contributed by atoms with E-state index in [4.69, 9.17) is 14.7 Å². The van der Waals surface area contributed by atoms with Crippen LogP contribution in [0.4, 0.5) is 5.82 Å². The maximum absolute atomic E-state index is 9.93. The van der Waals surface area contributed by atoms with Gasteiger partial charge in [-0.1, -0.05) is 12.1 Å². The van der Waals surface area contributed by atoms with Crippen LogP contribution in [0.2, 0.25) is 0 Å². The molecule has 1 atom stereocenters. The largest absolute Gasteiger partial charge is 0.491 e. The van der Waals surface area contributed by atoms with Gasteiger partial charge >= 0.3 is 0 Å². The molecule has 1 fully saturated rings. The maximum Gasteiger partial charge on any atom is 0.162 e. The van der Waals surface area contributed by atoms with Crippen LogP contribution < -0.4 is 20.7 Å². The summed E-state index contributed by atoms with van der Waals surface area (Å²) in [6.45, 7) is 3.72. The number of pyridine rings is 1. The highest BCUT2D eigenvalue weighted by molar-refractivity contribution is 5.67. The van der Waals surface area contributed by atoms with Crippen molar-refractivity contribution >= 4 is 5.82 Å². The van der Waals surface area contributed by atoms with Crippen LogP contribution in [0.1, 0.15) is 12.8 Å². The second-order valence-corrected chi connectivity index (χ2v) is 8.32. The smallest absolute Gasteiger partial charge is 0.162 e. The summed E-state index contributed by atoms with van der Waals surface area (Å²) in [7, 11) is 1.80. The number of nitrogens with zero attached hydrogens (tertiary/aromatic N) is 3. The van der Waals surface area contributed by atoms with Gasteiger partial charge in [-0.3, -0.25) is 4.98 Å². The van der Waals surface area contributed by atoms with E-state index in [2.05, 4.69) is 20.9 Å². The molecule has 0 saturated carbocycles. The van der Waals surface area contributed by atoms with Crippen molar-refractivity contribution in [3.8, 4) is 28.4 Å². The predicted molar refractivity (Wildman–Crippen MR) is 130 cm³/mol. The minimum absolute atomic E-state index is 0.214. The zero-order chi connectivity index (χ0) is 22.9. The molecule has 1 aromatic carbocycles. The number of aliphatic hydroxyl groups is 1. The minimum Gasteiger partial charge on any atom is -0.491 e. The molecular weight excluding hydrogens is 416 g/mol. The number of hydrogen-bond acceptors (Lipinski definition) is 8. The number of anilines is 1. The first-order chi connectivity index (χ1) is 16.2. The summed E-state index contributed by atoms with van der Waals surface area (Å²) >= 11 is 0. The molecule has 1 unspecified atom stereocenters. The van der Waals surface area contributed by atoms with Crippen molar-refractivity contribution in [2.75, 3.05) is 45.2 Å². The standard InChI is InChI=1S/C25H32N6O2/c1-26-16-21(32)17-33-22-4-2-3-20(13-22)25-30-23(19-7-11-28-12-8-19)14-24(31-25)29-15-18-5-9-27-10-6-18/h2-4,7-8,11-14,18,21,26-27,32H,5-6,9-10,15-17H2,1H3,(H,29,30,31). The van der Waals surface area contributed by atoms with Crippen LogP contribution in [0.5, 0.6) is 5.75 Å². The van der Waals surface area contributed by atoms with Crippen molar-refractivity contribution in [1.29, 1.82) is 0 Å². The SMILES string of the molecule is CNCC(O)COc1cccc(-c2nc(NCC3CCNCC3)cc(-c3ccncc3)n2)c1. The van der Waals surface area contributed by atoms with Gasteiger partial charge in [-0.15, -0.1) is 0 Å². The fraction of sp³-hybridized carbons (Fsp3) is 0.400. The van der Waals surface area contributed by atoms with E-state index in [1.54, 1.807) is 19.4 Å². The summed E-state index contributed by atoms with van der Waals surface area (Å²) in [5.74, 6) is 2.74. The van der Waals surface area contributed by atoms with E-state index in [1.165, 1.54) is 12.8 Å². The molecule has 1 saturated heterocycles. The molecule has 0 amide bonds. The summed E-state index contributed by atoms with van der Waals surface area (Å²) in [4.78, 5) is 13.8. The molecule has 0 spiro atoms. The molecule has 1 aliphatic rings. The summed E-state index contributed by atoms with van der Waals surface area (Å²) in [5, 5.41) is 19.8. The molecule has 0 aliphatic carbocycles. The first-order valence-electron chi connectivity index (χ1n) is 11.5. The average Bonchev–Trinajstić information content (AvgIpc) is 2.87. The number of rotatable bonds is 10. The molecule has 4 N–H and O–H groups in total. The number of nitrogens with one attached hydrogen (secondary N) is 3. The Morgan fingerprint density at radius 2 is 1.91 bits per heavy atom. The first-order valence-corrected chi connectivity index (χ1v) is 11.5. The van der Waals surface area contributed by atoms with Crippen molar-refractivity contribution < 1.29 is 9.84 Å². The Bertz CT molecular complexity index is 1010. The number of hydrogen-bond donors (Lipinski definition) is 4. The van der Waals surface area contributed by atoms with E-state index in [-0.39, 0.29) is 6.61 Å². The number of aliphatic hydroxyl groups excluding tert-OH is 1. The molecule has 0 bridgehead atoms. The molecular formula is C25H32N6O2. The fourth-order valence-electron chi connectivity index (χ4n) is 3.88. The zero-order valence-corrected chi connectivity index (χ0v) is 19.0. The Kier molecular flexibility index (Phi) is 8.19. The van der Waals surface area contributed by atoms with Crippen molar-refractivity contribution in [3.63, 3.8) is 0 Å². The van der Waals surface area contributed by atoms with E-state index in [0.29, 0.717) is 24.0 Å². The molecule has 0 radical (unpaired) electrons. The lowest BCUT2D eigenvalue weighted by atomic mass is 9.98. The molecule has 3 aromatic rings. The highest BCUT2D eigenvalue weighted by atomic mass is 16.5. The fourth-order valence-corrected chi connectivity index (χ4v) is 3.88. The van der Waals surface area contributed by atoms with Gasteiger partial charge in [0.1, 0.15) is 24.3 Å². The molecule has 8 heteroatoms. The van der Waals surface area contributed by atoms with Gasteiger partial charge in [0.05, 0.1) is 5.69 Å². The first kappa shape index (κ1) is 23.1. The number of benzene rings is 1. The monoisotopic (exact) mass is 448 g/mol. The second kappa shape index (κ2) is 11.7. The number of piperidine rings is 1. The molecule has 1 aliphatic heterocycles. The van der Waals surface area contributed by atoms with Gasteiger partial charge in [-0.2, -0.15) is 0 Å². The molecule has 4 rings (SSSR count). The average molecular weight is 449 g/mol. The molecule has 3 heterocycles. The summed E-state index contributed by atoms with van der Waals surface area (Å²) < 4.78 is 5.78. The van der Waals surface area contributed by atoms with Crippen LogP contribution >= 0.6 is 0 Å². The van der Waals surface area contributed by atoms with Crippen molar-refractivity contribution in [1.82, 2.24) is 25.6 Å². The van der Waals surface area contributed by atoms with Crippen molar-refractivity contribution in [3.05, 3.63) is 54.9 Å². The van der Waals surface area contributed by atoms with E-state index < -0.39 is 6.10 Å². The van der Waals surface area contributed by atoms with Crippen LogP contribution in [0, 0.1) is 5.92 Å². The zero-order valence-electron chi connectivity index (χ0n) is 19.0. The lowest BCUT2D eigenvalue weighted by Crippen LogP contribution is -2.31. The van der Waals surface area contributed by atoms with Gasteiger partial charge < -0.3 is 25.8 Å². The maximum atomic E-state index is 9.93. The van der Waals surface area contributed by atoms with Gasteiger partial charge in [0.25, 0.3) is 0 Å². The van der Waals surface area contributed by atoms with Crippen LogP contribution in [0.15, 0.2) is 54.9 Å². The Balaban J connectivity index is 1.58. The summed E-state index contributed by atoms with van der Waals surface area (Å²) in [5.41, 5.74) is 2.68. The lowest BCUT2D eigenvalue weighted by molar-refractivity contribution is 0.108. The second-order valence-electron chi connectivity index (χ2n) is 8.32. The van der Waals surface area contributed by atoms with Crippen LogP contribution in [-0.4, -0.2) is 66.0 Å². The molecule has 174 valence electrons. The Morgan fingerprint density at radius 3 is 2.70 bits per heavy atom. The quantitative estimate of drug-likeness (QED) is 0.375. The topological polar surface area (TPSA) is 104 Å². The third-order valence-electron chi connectivity index (χ3n) is 5.71. The normalized spacial score (nSPS) is 15.2. The third-order valence-corrected chi connectivity index (χ3v) is 5.71. The van der Waals surface area contributed by atoms with Gasteiger partial charge in [-0.25, -0.2) is 9.97 Å². The highest BCUT2D eigenvalue weighted by Crippen LogP contribution is 2.27. The van der Waals surface area contributed by atoms with Crippen LogP contribution in [0.3, 0.4) is 0 Å².